The van der Waals surface area contributed by atoms with Crippen LogP contribution in [0, 0.1) is 17.7 Å². The molecule has 3 unspecified atom stereocenters. The number of rotatable bonds is 5. The van der Waals surface area contributed by atoms with Gasteiger partial charge in [-0.3, -0.25) is 0 Å². The predicted molar refractivity (Wildman–Crippen MR) is 83.7 cm³/mol. The highest BCUT2D eigenvalue weighted by Gasteiger charge is 2.26. The van der Waals surface area contributed by atoms with E-state index in [9.17, 15) is 4.39 Å². The van der Waals surface area contributed by atoms with E-state index in [4.69, 9.17) is 11.6 Å². The molecule has 2 rings (SSSR count). The minimum absolute atomic E-state index is 0.198. The van der Waals surface area contributed by atoms with Crippen LogP contribution >= 0.6 is 11.6 Å². The van der Waals surface area contributed by atoms with Crippen molar-refractivity contribution in [3.63, 3.8) is 0 Å². The van der Waals surface area contributed by atoms with Gasteiger partial charge in [0.1, 0.15) is 5.82 Å². The van der Waals surface area contributed by atoms with Crippen molar-refractivity contribution in [2.45, 2.75) is 52.0 Å². The summed E-state index contributed by atoms with van der Waals surface area (Å²) in [7, 11) is 0. The molecule has 0 saturated heterocycles. The Morgan fingerprint density at radius 3 is 2.90 bits per heavy atom. The Bertz CT molecular complexity index is 435. The summed E-state index contributed by atoms with van der Waals surface area (Å²) in [6.07, 6.45) is 6.02. The molecule has 0 spiro atoms. The number of hydrogen-bond acceptors (Lipinski definition) is 1. The van der Waals surface area contributed by atoms with Gasteiger partial charge in [-0.25, -0.2) is 4.39 Å². The van der Waals surface area contributed by atoms with Crippen LogP contribution in [0.2, 0.25) is 5.02 Å². The van der Waals surface area contributed by atoms with E-state index in [0.29, 0.717) is 17.0 Å². The maximum Gasteiger partial charge on any atom is 0.123 e. The highest BCUT2D eigenvalue weighted by Crippen LogP contribution is 2.32. The SMILES string of the molecule is CCNC(Cc1cc(F)ccc1Cl)C1CCCC(C)C1. The first kappa shape index (κ1) is 15.8. The monoisotopic (exact) mass is 297 g/mol. The van der Waals surface area contributed by atoms with E-state index in [2.05, 4.69) is 19.2 Å². The third-order valence-corrected chi connectivity index (χ3v) is 4.83. The molecule has 1 aromatic rings. The van der Waals surface area contributed by atoms with Gasteiger partial charge in [0.25, 0.3) is 0 Å². The van der Waals surface area contributed by atoms with Crippen molar-refractivity contribution in [3.05, 3.63) is 34.6 Å². The molecule has 0 aromatic heterocycles. The summed E-state index contributed by atoms with van der Waals surface area (Å²) < 4.78 is 13.4. The quantitative estimate of drug-likeness (QED) is 0.821. The first-order valence-electron chi connectivity index (χ1n) is 7.77. The van der Waals surface area contributed by atoms with Crippen molar-refractivity contribution in [2.75, 3.05) is 6.54 Å². The van der Waals surface area contributed by atoms with Crippen molar-refractivity contribution in [2.24, 2.45) is 11.8 Å². The van der Waals surface area contributed by atoms with Gasteiger partial charge >= 0.3 is 0 Å². The predicted octanol–water partition coefficient (Wildman–Crippen LogP) is 4.83. The molecule has 0 aliphatic heterocycles. The molecule has 1 aliphatic rings. The highest BCUT2D eigenvalue weighted by molar-refractivity contribution is 6.31. The summed E-state index contributed by atoms with van der Waals surface area (Å²) in [5.41, 5.74) is 0.927. The van der Waals surface area contributed by atoms with Gasteiger partial charge in [0.15, 0.2) is 0 Å². The molecule has 0 radical (unpaired) electrons. The fraction of sp³-hybridized carbons (Fsp3) is 0.647. The largest absolute Gasteiger partial charge is 0.314 e. The lowest BCUT2D eigenvalue weighted by Crippen LogP contribution is -2.40. The van der Waals surface area contributed by atoms with Gasteiger partial charge in [-0.1, -0.05) is 38.3 Å². The van der Waals surface area contributed by atoms with Crippen molar-refractivity contribution in [3.8, 4) is 0 Å². The summed E-state index contributed by atoms with van der Waals surface area (Å²) >= 11 is 6.21. The van der Waals surface area contributed by atoms with Gasteiger partial charge in [0.2, 0.25) is 0 Å². The summed E-state index contributed by atoms with van der Waals surface area (Å²) in [4.78, 5) is 0. The Kier molecular flexibility index (Phi) is 5.86. The van der Waals surface area contributed by atoms with E-state index in [1.54, 1.807) is 12.1 Å². The Labute approximate surface area is 126 Å². The zero-order chi connectivity index (χ0) is 14.5. The Balaban J connectivity index is 2.10. The second kappa shape index (κ2) is 7.42. The number of halogens is 2. The number of benzene rings is 1. The molecule has 1 saturated carbocycles. The number of nitrogens with one attached hydrogen (secondary N) is 1. The van der Waals surface area contributed by atoms with Gasteiger partial charge < -0.3 is 5.32 Å². The van der Waals surface area contributed by atoms with Crippen LogP contribution < -0.4 is 5.32 Å². The summed E-state index contributed by atoms with van der Waals surface area (Å²) in [6, 6.07) is 5.08. The topological polar surface area (TPSA) is 12.0 Å². The van der Waals surface area contributed by atoms with Crippen LogP contribution in [0.3, 0.4) is 0 Å². The van der Waals surface area contributed by atoms with Gasteiger partial charge in [0, 0.05) is 11.1 Å². The van der Waals surface area contributed by atoms with Crippen LogP contribution in [0.1, 0.15) is 45.1 Å². The third kappa shape index (κ3) is 4.20. The van der Waals surface area contributed by atoms with Crippen LogP contribution in [0.15, 0.2) is 18.2 Å². The smallest absolute Gasteiger partial charge is 0.123 e. The lowest BCUT2D eigenvalue weighted by Gasteiger charge is -2.34. The van der Waals surface area contributed by atoms with E-state index in [1.807, 2.05) is 0 Å². The summed E-state index contributed by atoms with van der Waals surface area (Å²) in [5.74, 6) is 1.28. The minimum Gasteiger partial charge on any atom is -0.314 e. The van der Waals surface area contributed by atoms with E-state index in [1.165, 1.54) is 31.7 Å². The molecule has 0 heterocycles. The molecule has 0 bridgehead atoms. The minimum atomic E-state index is -0.198. The van der Waals surface area contributed by atoms with Crippen molar-refractivity contribution < 1.29 is 4.39 Å². The average Bonchev–Trinajstić information content (AvgIpc) is 2.42. The Morgan fingerprint density at radius 2 is 2.20 bits per heavy atom. The molecule has 1 fully saturated rings. The lowest BCUT2D eigenvalue weighted by molar-refractivity contribution is 0.222. The molecule has 3 atom stereocenters. The number of likely N-dealkylation sites (N-methyl/N-ethyl adjacent to an activating group) is 1. The third-order valence-electron chi connectivity index (χ3n) is 4.46. The summed E-state index contributed by atoms with van der Waals surface area (Å²) in [6.45, 7) is 5.42. The fourth-order valence-corrected chi connectivity index (χ4v) is 3.65. The van der Waals surface area contributed by atoms with E-state index >= 15 is 0 Å². The number of hydrogen-bond donors (Lipinski definition) is 1. The molecular weight excluding hydrogens is 273 g/mol. The molecule has 20 heavy (non-hydrogen) atoms. The van der Waals surface area contributed by atoms with E-state index in [-0.39, 0.29) is 5.82 Å². The lowest BCUT2D eigenvalue weighted by atomic mass is 9.77. The van der Waals surface area contributed by atoms with Crippen molar-refractivity contribution >= 4 is 11.6 Å². The molecule has 112 valence electrons. The first-order chi connectivity index (χ1) is 9.60. The maximum absolute atomic E-state index is 13.4. The van der Waals surface area contributed by atoms with Crippen LogP contribution in [0.25, 0.3) is 0 Å². The normalized spacial score (nSPS) is 24.6. The first-order valence-corrected chi connectivity index (χ1v) is 8.15. The second-order valence-electron chi connectivity index (χ2n) is 6.14. The van der Waals surface area contributed by atoms with Gasteiger partial charge in [-0.15, -0.1) is 0 Å². The second-order valence-corrected chi connectivity index (χ2v) is 6.54. The van der Waals surface area contributed by atoms with Gasteiger partial charge in [0.05, 0.1) is 0 Å². The van der Waals surface area contributed by atoms with Crippen LogP contribution in [-0.4, -0.2) is 12.6 Å². The molecule has 3 heteroatoms. The molecule has 1 nitrogen and oxygen atoms in total. The molecule has 0 amide bonds. The van der Waals surface area contributed by atoms with Gasteiger partial charge in [-0.2, -0.15) is 0 Å². The maximum atomic E-state index is 13.4. The molecule has 1 aromatic carbocycles. The highest BCUT2D eigenvalue weighted by atomic mass is 35.5. The van der Waals surface area contributed by atoms with Crippen LogP contribution in [0.5, 0.6) is 0 Å². The summed E-state index contributed by atoms with van der Waals surface area (Å²) in [5, 5.41) is 4.27. The average molecular weight is 298 g/mol. The zero-order valence-electron chi connectivity index (χ0n) is 12.5. The Hall–Kier alpha value is -0.600. The molecule has 1 N–H and O–H groups in total. The van der Waals surface area contributed by atoms with Crippen molar-refractivity contribution in [1.29, 1.82) is 0 Å². The van der Waals surface area contributed by atoms with Crippen LogP contribution in [-0.2, 0) is 6.42 Å². The van der Waals surface area contributed by atoms with Gasteiger partial charge in [-0.05, 0) is 61.4 Å². The molecule has 1 aliphatic carbocycles. The zero-order valence-corrected chi connectivity index (χ0v) is 13.2. The van der Waals surface area contributed by atoms with E-state index < -0.39 is 0 Å². The van der Waals surface area contributed by atoms with E-state index in [0.717, 1.165) is 24.4 Å². The molecular formula is C17H25ClFN. The Morgan fingerprint density at radius 1 is 1.40 bits per heavy atom. The van der Waals surface area contributed by atoms with Crippen LogP contribution in [0.4, 0.5) is 4.39 Å². The van der Waals surface area contributed by atoms with Crippen molar-refractivity contribution in [1.82, 2.24) is 5.32 Å². The fourth-order valence-electron chi connectivity index (χ4n) is 3.45. The standard InChI is InChI=1S/C17H25ClFN/c1-3-20-17(13-6-4-5-12(2)9-13)11-14-10-15(19)7-8-16(14)18/h7-8,10,12-13,17,20H,3-6,9,11H2,1-2H3.